The van der Waals surface area contributed by atoms with Gasteiger partial charge in [-0.05, 0) is 64.2 Å². The molecular formula is C65H123NO5. The number of hydrogen-bond acceptors (Lipinski definition) is 5. The van der Waals surface area contributed by atoms with Crippen molar-refractivity contribution in [1.82, 2.24) is 5.32 Å². The summed E-state index contributed by atoms with van der Waals surface area (Å²) < 4.78 is 5.50. The number of aliphatic hydroxyl groups is 2. The molecule has 0 aliphatic heterocycles. The van der Waals surface area contributed by atoms with E-state index in [2.05, 4.69) is 43.5 Å². The number of rotatable bonds is 59. The third-order valence-electron chi connectivity index (χ3n) is 14.7. The van der Waals surface area contributed by atoms with Gasteiger partial charge in [0, 0.05) is 12.8 Å². The van der Waals surface area contributed by atoms with E-state index < -0.39 is 12.1 Å². The number of amides is 1. The molecule has 0 aromatic heterocycles. The number of carbonyl (C=O) groups is 2. The highest BCUT2D eigenvalue weighted by atomic mass is 16.5. The van der Waals surface area contributed by atoms with E-state index in [0.717, 1.165) is 51.4 Å². The Labute approximate surface area is 443 Å². The number of aliphatic hydroxyl groups excluding tert-OH is 2. The van der Waals surface area contributed by atoms with Gasteiger partial charge in [-0.1, -0.05) is 301 Å². The van der Waals surface area contributed by atoms with Crippen LogP contribution in [0.15, 0.2) is 36.5 Å². The van der Waals surface area contributed by atoms with E-state index in [1.165, 1.54) is 263 Å². The fraction of sp³-hybridized carbons (Fsp3) is 0.877. The lowest BCUT2D eigenvalue weighted by atomic mass is 10.0. The van der Waals surface area contributed by atoms with Gasteiger partial charge in [-0.15, -0.1) is 0 Å². The van der Waals surface area contributed by atoms with Crippen molar-refractivity contribution >= 4 is 11.9 Å². The summed E-state index contributed by atoms with van der Waals surface area (Å²) in [6.07, 6.45) is 76.3. The minimum absolute atomic E-state index is 0.0121. The van der Waals surface area contributed by atoms with E-state index in [9.17, 15) is 19.8 Å². The van der Waals surface area contributed by atoms with Gasteiger partial charge in [0.1, 0.15) is 0 Å². The summed E-state index contributed by atoms with van der Waals surface area (Å²) in [5.74, 6) is -0.0554. The lowest BCUT2D eigenvalue weighted by Crippen LogP contribution is -2.45. The highest BCUT2D eigenvalue weighted by Crippen LogP contribution is 2.18. The maximum Gasteiger partial charge on any atom is 0.305 e. The molecule has 6 nitrogen and oxygen atoms in total. The van der Waals surface area contributed by atoms with Crippen molar-refractivity contribution in [3.05, 3.63) is 36.5 Å². The molecule has 0 spiro atoms. The van der Waals surface area contributed by atoms with Crippen molar-refractivity contribution in [3.8, 4) is 0 Å². The van der Waals surface area contributed by atoms with Crippen LogP contribution in [0.3, 0.4) is 0 Å². The van der Waals surface area contributed by atoms with Gasteiger partial charge in [0.25, 0.3) is 0 Å². The average molecular weight is 999 g/mol. The molecule has 3 N–H and O–H groups in total. The third kappa shape index (κ3) is 57.2. The van der Waals surface area contributed by atoms with Gasteiger partial charge >= 0.3 is 5.97 Å². The Bertz CT molecular complexity index is 1150. The van der Waals surface area contributed by atoms with Crippen LogP contribution in [0, 0.1) is 0 Å². The monoisotopic (exact) mass is 998 g/mol. The summed E-state index contributed by atoms with van der Waals surface area (Å²) in [4.78, 5) is 24.5. The molecule has 0 aliphatic rings. The van der Waals surface area contributed by atoms with Crippen molar-refractivity contribution < 1.29 is 24.5 Å². The predicted molar refractivity (Wildman–Crippen MR) is 310 cm³/mol. The fourth-order valence-electron chi connectivity index (χ4n) is 9.78. The highest BCUT2D eigenvalue weighted by Gasteiger charge is 2.18. The van der Waals surface area contributed by atoms with E-state index in [-0.39, 0.29) is 18.5 Å². The quantitative estimate of drug-likeness (QED) is 0.0321. The first kappa shape index (κ1) is 69.1. The number of carbonyl (C=O) groups excluding carboxylic acids is 2. The molecule has 1 amide bonds. The lowest BCUT2D eigenvalue weighted by molar-refractivity contribution is -0.143. The van der Waals surface area contributed by atoms with Crippen molar-refractivity contribution in [3.63, 3.8) is 0 Å². The predicted octanol–water partition coefficient (Wildman–Crippen LogP) is 20.0. The Hall–Kier alpha value is -1.92. The first-order valence-electron chi connectivity index (χ1n) is 31.8. The molecule has 0 radical (unpaired) electrons. The molecule has 0 rings (SSSR count). The van der Waals surface area contributed by atoms with Crippen molar-refractivity contribution in [2.24, 2.45) is 0 Å². The van der Waals surface area contributed by atoms with Gasteiger partial charge in [0.05, 0.1) is 25.4 Å². The zero-order valence-corrected chi connectivity index (χ0v) is 47.7. The molecule has 0 aliphatic carbocycles. The van der Waals surface area contributed by atoms with Crippen LogP contribution >= 0.6 is 0 Å². The summed E-state index contributed by atoms with van der Waals surface area (Å²) in [5.41, 5.74) is 0. The summed E-state index contributed by atoms with van der Waals surface area (Å²) in [7, 11) is 0. The minimum Gasteiger partial charge on any atom is -0.466 e. The third-order valence-corrected chi connectivity index (χ3v) is 14.7. The molecule has 6 heteroatoms. The molecule has 0 bridgehead atoms. The second-order valence-corrected chi connectivity index (χ2v) is 21.7. The first-order valence-corrected chi connectivity index (χ1v) is 31.8. The molecule has 0 heterocycles. The molecule has 0 fully saturated rings. The molecule has 71 heavy (non-hydrogen) atoms. The number of allylic oxidation sites excluding steroid dienone is 5. The van der Waals surface area contributed by atoms with E-state index in [0.29, 0.717) is 19.4 Å². The van der Waals surface area contributed by atoms with E-state index in [4.69, 9.17) is 4.74 Å². The van der Waals surface area contributed by atoms with Crippen LogP contribution in [-0.4, -0.2) is 47.4 Å². The zero-order valence-electron chi connectivity index (χ0n) is 47.7. The number of ether oxygens (including phenoxy) is 1. The second-order valence-electron chi connectivity index (χ2n) is 21.7. The van der Waals surface area contributed by atoms with Gasteiger partial charge in [-0.3, -0.25) is 9.59 Å². The summed E-state index contributed by atoms with van der Waals surface area (Å²) in [6, 6.07) is -0.625. The van der Waals surface area contributed by atoms with Crippen LogP contribution in [0.5, 0.6) is 0 Å². The van der Waals surface area contributed by atoms with Crippen LogP contribution in [0.4, 0.5) is 0 Å². The number of unbranched alkanes of at least 4 members (excludes halogenated alkanes) is 44. The van der Waals surface area contributed by atoms with Gasteiger partial charge in [-0.2, -0.15) is 0 Å². The van der Waals surface area contributed by atoms with Gasteiger partial charge in [-0.25, -0.2) is 0 Å². The Kier molecular flexibility index (Phi) is 59.0. The Balaban J connectivity index is 3.34. The van der Waals surface area contributed by atoms with Crippen LogP contribution in [0.25, 0.3) is 0 Å². The topological polar surface area (TPSA) is 95.9 Å². The van der Waals surface area contributed by atoms with Crippen molar-refractivity contribution in [2.75, 3.05) is 13.2 Å². The van der Waals surface area contributed by atoms with Crippen LogP contribution in [-0.2, 0) is 14.3 Å². The Morgan fingerprint density at radius 1 is 0.394 bits per heavy atom. The van der Waals surface area contributed by atoms with Gasteiger partial charge in [0.15, 0.2) is 0 Å². The Morgan fingerprint density at radius 3 is 1.10 bits per heavy atom. The van der Waals surface area contributed by atoms with E-state index in [1.54, 1.807) is 6.08 Å². The first-order chi connectivity index (χ1) is 35.0. The van der Waals surface area contributed by atoms with Gasteiger partial charge in [0.2, 0.25) is 5.91 Å². The molecule has 2 atom stereocenters. The van der Waals surface area contributed by atoms with Crippen LogP contribution in [0.2, 0.25) is 0 Å². The minimum atomic E-state index is -0.841. The molecule has 2 unspecified atom stereocenters. The smallest absolute Gasteiger partial charge is 0.305 e. The zero-order chi connectivity index (χ0) is 51.4. The second kappa shape index (κ2) is 60.6. The summed E-state index contributed by atoms with van der Waals surface area (Å²) >= 11 is 0. The standard InChI is InChI=1S/C65H123NO5/c1-3-5-7-9-11-13-15-16-17-18-26-30-33-36-39-43-47-51-55-59-65(70)71-60-56-52-48-44-40-37-34-31-28-25-23-21-19-20-22-24-27-29-32-35-38-42-46-50-54-58-64(69)66-62(61-67)63(68)57-53-49-45-41-14-12-10-8-6-4-2/h11,13,16-17,53,57,62-63,67-68H,3-10,12,14-15,18-52,54-56,58-61H2,1-2H3,(H,66,69)/b13-11-,17-16-,57-53+. The van der Waals surface area contributed by atoms with Crippen molar-refractivity contribution in [1.29, 1.82) is 0 Å². The van der Waals surface area contributed by atoms with Crippen LogP contribution in [0.1, 0.15) is 341 Å². The molecule has 0 aromatic carbocycles. The molecule has 0 saturated heterocycles. The normalized spacial score (nSPS) is 12.8. The van der Waals surface area contributed by atoms with Crippen LogP contribution < -0.4 is 5.32 Å². The van der Waals surface area contributed by atoms with E-state index in [1.807, 2.05) is 6.08 Å². The Morgan fingerprint density at radius 2 is 0.704 bits per heavy atom. The number of hydrogen-bond donors (Lipinski definition) is 3. The fourth-order valence-corrected chi connectivity index (χ4v) is 9.78. The molecular weight excluding hydrogens is 875 g/mol. The molecule has 0 aromatic rings. The van der Waals surface area contributed by atoms with Gasteiger partial charge < -0.3 is 20.3 Å². The number of nitrogens with one attached hydrogen (secondary N) is 1. The largest absolute Gasteiger partial charge is 0.466 e. The highest BCUT2D eigenvalue weighted by molar-refractivity contribution is 5.76. The maximum absolute atomic E-state index is 12.4. The summed E-state index contributed by atoms with van der Waals surface area (Å²) in [6.45, 7) is 4.87. The lowest BCUT2D eigenvalue weighted by Gasteiger charge is -2.20. The molecule has 418 valence electrons. The average Bonchev–Trinajstić information content (AvgIpc) is 3.37. The molecule has 0 saturated carbocycles. The number of esters is 1. The van der Waals surface area contributed by atoms with E-state index >= 15 is 0 Å². The van der Waals surface area contributed by atoms with Crippen molar-refractivity contribution in [2.45, 2.75) is 353 Å². The summed E-state index contributed by atoms with van der Waals surface area (Å²) in [5, 5.41) is 23.0. The SMILES string of the molecule is CCCCC/C=C\C/C=C\CCCCCCCCCCCC(=O)OCCCCCCCCCCCCCCCCCCCCCCCCCCCC(=O)NC(CO)C(O)/C=C/CCCCCCCCCC. The maximum atomic E-state index is 12.4.